The van der Waals surface area contributed by atoms with Gasteiger partial charge >= 0.3 is 0 Å². The molecule has 5 nitrogen and oxygen atoms in total. The fraction of sp³-hybridized carbons (Fsp3) is 0.423. The van der Waals surface area contributed by atoms with Crippen LogP contribution in [0.15, 0.2) is 48.5 Å². The van der Waals surface area contributed by atoms with Gasteiger partial charge in [-0.15, -0.1) is 0 Å². The number of anilines is 1. The molecule has 1 aliphatic carbocycles. The van der Waals surface area contributed by atoms with Gasteiger partial charge in [-0.2, -0.15) is 0 Å². The topological polar surface area (TPSA) is 63.5 Å². The van der Waals surface area contributed by atoms with Crippen molar-refractivity contribution in [3.8, 4) is 5.75 Å². The maximum absolute atomic E-state index is 13.3. The predicted octanol–water partition coefficient (Wildman–Crippen LogP) is 4.03. The van der Waals surface area contributed by atoms with E-state index in [2.05, 4.69) is 56.7 Å². The van der Waals surface area contributed by atoms with Gasteiger partial charge in [0.2, 0.25) is 5.91 Å². The summed E-state index contributed by atoms with van der Waals surface area (Å²) in [5, 5.41) is 13.8. The fourth-order valence-corrected chi connectivity index (χ4v) is 4.48. The Morgan fingerprint density at radius 2 is 1.97 bits per heavy atom. The van der Waals surface area contributed by atoms with Gasteiger partial charge in [-0.3, -0.25) is 4.79 Å². The highest BCUT2D eigenvalue weighted by atomic mass is 16.5. The molecule has 0 unspecified atom stereocenters. The van der Waals surface area contributed by atoms with Gasteiger partial charge in [-0.1, -0.05) is 32.9 Å². The van der Waals surface area contributed by atoms with Crippen molar-refractivity contribution >= 4 is 30.3 Å². The van der Waals surface area contributed by atoms with E-state index in [-0.39, 0.29) is 23.7 Å². The lowest BCUT2D eigenvalue weighted by molar-refractivity contribution is -0.118. The van der Waals surface area contributed by atoms with Crippen molar-refractivity contribution < 1.29 is 14.6 Å². The minimum Gasteiger partial charge on any atom is -0.497 e. The Hall–Kier alpha value is -2.73. The average Bonchev–Trinajstić information content (AvgIpc) is 3.50. The Labute approximate surface area is 191 Å². The smallest absolute Gasteiger partial charge is 0.235 e. The molecule has 2 N–H and O–H groups in total. The maximum Gasteiger partial charge on any atom is 0.235 e. The molecule has 1 atom stereocenters. The maximum atomic E-state index is 13.3. The number of aromatic nitrogens is 1. The zero-order valence-corrected chi connectivity index (χ0v) is 19.7. The van der Waals surface area contributed by atoms with Crippen LogP contribution in [0.5, 0.6) is 5.75 Å². The molecule has 1 fully saturated rings. The lowest BCUT2D eigenvalue weighted by Crippen LogP contribution is -2.27. The van der Waals surface area contributed by atoms with Gasteiger partial charge in [0.25, 0.3) is 0 Å². The van der Waals surface area contributed by atoms with Crippen LogP contribution in [0.25, 0.3) is 10.9 Å². The number of nitrogens with zero attached hydrogens (tertiary/aromatic N) is 1. The van der Waals surface area contributed by atoms with Crippen molar-refractivity contribution in [2.24, 2.45) is 0 Å². The zero-order chi connectivity index (χ0) is 23.1. The van der Waals surface area contributed by atoms with E-state index in [0.717, 1.165) is 47.3 Å². The lowest BCUT2D eigenvalue weighted by atomic mass is 9.87. The number of aliphatic hydroxyl groups excluding tert-OH is 1. The van der Waals surface area contributed by atoms with Crippen molar-refractivity contribution in [1.29, 1.82) is 0 Å². The van der Waals surface area contributed by atoms with Gasteiger partial charge in [0.15, 0.2) is 0 Å². The molecule has 0 spiro atoms. The summed E-state index contributed by atoms with van der Waals surface area (Å²) >= 11 is 0. The summed E-state index contributed by atoms with van der Waals surface area (Å²) < 4.78 is 7.66. The van der Waals surface area contributed by atoms with Crippen LogP contribution in [0.2, 0.25) is 5.82 Å². The molecular formula is C26H33BN2O3. The Morgan fingerprint density at radius 1 is 1.22 bits per heavy atom. The van der Waals surface area contributed by atoms with Crippen LogP contribution < -0.4 is 10.1 Å². The summed E-state index contributed by atoms with van der Waals surface area (Å²) in [5.74, 6) is 0.981. The molecule has 0 radical (unpaired) electrons. The molecule has 1 aromatic heterocycles. The fourth-order valence-electron chi connectivity index (χ4n) is 4.48. The summed E-state index contributed by atoms with van der Waals surface area (Å²) in [6.07, 6.45) is 1.69. The summed E-state index contributed by atoms with van der Waals surface area (Å²) in [4.78, 5) is 13.3. The van der Waals surface area contributed by atoms with E-state index in [1.165, 1.54) is 5.69 Å². The molecule has 32 heavy (non-hydrogen) atoms. The van der Waals surface area contributed by atoms with E-state index in [1.54, 1.807) is 7.11 Å². The Morgan fingerprint density at radius 3 is 2.59 bits per heavy atom. The van der Waals surface area contributed by atoms with Gasteiger partial charge in [-0.05, 0) is 60.6 Å². The first-order valence-corrected chi connectivity index (χ1v) is 11.4. The van der Waals surface area contributed by atoms with Gasteiger partial charge in [0.1, 0.15) is 13.6 Å². The number of methoxy groups -OCH3 is 1. The van der Waals surface area contributed by atoms with Crippen LogP contribution in [0.1, 0.15) is 44.9 Å². The molecule has 2 aromatic carbocycles. The molecule has 0 bridgehead atoms. The second-order valence-corrected chi connectivity index (χ2v) is 10.2. The second kappa shape index (κ2) is 8.32. The minimum atomic E-state index is -0.470. The van der Waals surface area contributed by atoms with Gasteiger partial charge in [0.05, 0.1) is 12.5 Å². The van der Waals surface area contributed by atoms with Crippen LogP contribution in [0, 0.1) is 0 Å². The summed E-state index contributed by atoms with van der Waals surface area (Å²) in [6.45, 7) is 7.53. The van der Waals surface area contributed by atoms with E-state index in [0.29, 0.717) is 0 Å². The molecule has 3 aromatic rings. The van der Waals surface area contributed by atoms with Gasteiger partial charge in [0, 0.05) is 40.9 Å². The third-order valence-electron chi connectivity index (χ3n) is 6.54. The Balaban J connectivity index is 1.63. The number of hydrogen-bond donors (Lipinski definition) is 2. The number of carbonyl (C=O) groups excluding carboxylic acids is 1. The molecule has 0 saturated heterocycles. The molecule has 168 valence electrons. The monoisotopic (exact) mass is 432 g/mol. The van der Waals surface area contributed by atoms with Crippen molar-refractivity contribution in [3.05, 3.63) is 59.8 Å². The number of carbonyl (C=O) groups is 1. The van der Waals surface area contributed by atoms with Gasteiger partial charge in [-0.25, -0.2) is 0 Å². The number of nitrogens with one attached hydrogen (secondary N) is 1. The van der Waals surface area contributed by atoms with Crippen molar-refractivity contribution in [3.63, 3.8) is 0 Å². The molecule has 1 heterocycles. The van der Waals surface area contributed by atoms with Gasteiger partial charge < -0.3 is 19.7 Å². The molecule has 1 amide bonds. The van der Waals surface area contributed by atoms with E-state index >= 15 is 0 Å². The number of ether oxygens (including phenoxy) is 1. The van der Waals surface area contributed by atoms with Crippen molar-refractivity contribution in [1.82, 2.24) is 4.57 Å². The normalized spacial score (nSPS) is 16.0. The van der Waals surface area contributed by atoms with E-state index in [4.69, 9.17) is 4.74 Å². The molecule has 0 aliphatic heterocycles. The minimum absolute atomic E-state index is 0.0258. The summed E-state index contributed by atoms with van der Waals surface area (Å²) in [7, 11) is 3.70. The standard InChI is InChI=1S/C26H33BN2O3/c1-25(2,3)23-13-17-12-20(8-9-22(17)29(23)15-19(27)16-30)28-24(31)26(10-11-26)18-6-5-7-21(14-18)32-4/h5-9,12-14,19,30H,10-11,15-16,27H2,1-4H3,(H,28,31)/t19-/m1/s1. The number of amides is 1. The molecule has 1 saturated carbocycles. The second-order valence-electron chi connectivity index (χ2n) is 10.2. The first-order chi connectivity index (χ1) is 15.2. The predicted molar refractivity (Wildman–Crippen MR) is 133 cm³/mol. The molecule has 6 heteroatoms. The van der Waals surface area contributed by atoms with E-state index in [9.17, 15) is 9.90 Å². The number of benzene rings is 2. The number of fused-ring (bicyclic) bond motifs is 1. The lowest BCUT2D eigenvalue weighted by Gasteiger charge is -2.23. The summed E-state index contributed by atoms with van der Waals surface area (Å²) in [6, 6.07) is 16.2. The third-order valence-corrected chi connectivity index (χ3v) is 6.54. The molecule has 4 rings (SSSR count). The number of hydrogen-bond acceptors (Lipinski definition) is 3. The van der Waals surface area contributed by atoms with Crippen molar-refractivity contribution in [2.75, 3.05) is 19.0 Å². The number of rotatable bonds is 7. The molecular weight excluding hydrogens is 399 g/mol. The van der Waals surface area contributed by atoms with Crippen LogP contribution in [0.4, 0.5) is 5.69 Å². The zero-order valence-electron chi connectivity index (χ0n) is 19.7. The Bertz CT molecular complexity index is 1140. The van der Waals surface area contributed by atoms with Crippen LogP contribution in [-0.4, -0.2) is 37.1 Å². The molecule has 1 aliphatic rings. The highest BCUT2D eigenvalue weighted by Crippen LogP contribution is 2.49. The summed E-state index contributed by atoms with van der Waals surface area (Å²) in [5.41, 5.74) is 3.68. The van der Waals surface area contributed by atoms with E-state index in [1.807, 2.05) is 30.3 Å². The Kier molecular flexibility index (Phi) is 5.84. The highest BCUT2D eigenvalue weighted by Gasteiger charge is 2.51. The first kappa shape index (κ1) is 22.5. The third kappa shape index (κ3) is 4.16. The first-order valence-electron chi connectivity index (χ1n) is 11.4. The quantitative estimate of drug-likeness (QED) is 0.554. The van der Waals surface area contributed by atoms with Crippen LogP contribution in [-0.2, 0) is 22.2 Å². The van der Waals surface area contributed by atoms with Crippen LogP contribution in [0.3, 0.4) is 0 Å². The highest BCUT2D eigenvalue weighted by molar-refractivity contribution is 6.11. The number of aliphatic hydroxyl groups is 1. The largest absolute Gasteiger partial charge is 0.497 e. The SMILES string of the molecule is B[C@@H](CO)Cn1c(C(C)(C)C)cc2cc(NC(=O)C3(c4cccc(OC)c4)CC3)ccc21. The van der Waals surface area contributed by atoms with Crippen molar-refractivity contribution in [2.45, 2.75) is 56.8 Å². The van der Waals surface area contributed by atoms with E-state index < -0.39 is 5.41 Å². The van der Waals surface area contributed by atoms with Crippen LogP contribution >= 0.6 is 0 Å². The average molecular weight is 432 g/mol.